The lowest BCUT2D eigenvalue weighted by Gasteiger charge is -2.13. The molecule has 2 aromatic carbocycles. The Bertz CT molecular complexity index is 1390. The van der Waals surface area contributed by atoms with Crippen LogP contribution < -0.4 is 10.6 Å². The molecule has 0 radical (unpaired) electrons. The van der Waals surface area contributed by atoms with Gasteiger partial charge in [0.1, 0.15) is 5.01 Å². The molecular weight excluding hydrogens is 450 g/mol. The van der Waals surface area contributed by atoms with E-state index in [1.54, 1.807) is 4.52 Å². The molecule has 32 heavy (non-hydrogen) atoms. The van der Waals surface area contributed by atoms with Gasteiger partial charge in [-0.25, -0.2) is 0 Å². The molecule has 4 rings (SSSR count). The molecule has 0 saturated heterocycles. The molecule has 0 saturated carbocycles. The minimum atomic E-state index is -0.526. The van der Waals surface area contributed by atoms with Gasteiger partial charge in [-0.1, -0.05) is 29.5 Å². The van der Waals surface area contributed by atoms with Gasteiger partial charge in [-0.15, -0.1) is 10.2 Å². The topological polar surface area (TPSA) is 127 Å². The van der Waals surface area contributed by atoms with Crippen LogP contribution in [-0.2, 0) is 0 Å². The number of carbonyl (C=O) groups is 1. The van der Waals surface area contributed by atoms with Crippen LogP contribution in [0.3, 0.4) is 0 Å². The number of aromatic nitrogens is 4. The zero-order valence-corrected chi connectivity index (χ0v) is 18.9. The molecule has 0 unspecified atom stereocenters. The third kappa shape index (κ3) is 4.05. The van der Waals surface area contributed by atoms with Crippen molar-refractivity contribution in [3.05, 3.63) is 69.0 Å². The van der Waals surface area contributed by atoms with Crippen LogP contribution in [0.5, 0.6) is 0 Å². The molecule has 0 aliphatic rings. The van der Waals surface area contributed by atoms with Crippen molar-refractivity contribution in [3.8, 4) is 10.6 Å². The van der Waals surface area contributed by atoms with Crippen molar-refractivity contribution in [1.82, 2.24) is 25.1 Å². The van der Waals surface area contributed by atoms with Crippen LogP contribution in [0.2, 0.25) is 0 Å². The highest BCUT2D eigenvalue weighted by Crippen LogP contribution is 2.29. The van der Waals surface area contributed by atoms with Crippen molar-refractivity contribution in [1.29, 1.82) is 0 Å². The van der Waals surface area contributed by atoms with Gasteiger partial charge in [-0.2, -0.15) is 9.61 Å². The average Bonchev–Trinajstić information content (AvgIpc) is 3.31. The van der Waals surface area contributed by atoms with Gasteiger partial charge in [0.15, 0.2) is 10.9 Å². The van der Waals surface area contributed by atoms with E-state index in [1.165, 1.54) is 36.5 Å². The predicted octanol–water partition coefficient (Wildman–Crippen LogP) is 3.81. The fourth-order valence-corrected chi connectivity index (χ4v) is 4.20. The average molecular weight is 468 g/mol. The van der Waals surface area contributed by atoms with E-state index in [1.807, 2.05) is 32.0 Å². The van der Waals surface area contributed by atoms with Gasteiger partial charge in [0.2, 0.25) is 4.96 Å². The Hall–Kier alpha value is -3.77. The largest absolute Gasteiger partial charge is 0.332 e. The van der Waals surface area contributed by atoms with E-state index in [2.05, 4.69) is 25.9 Å². The number of fused-ring (bicyclic) bond motifs is 1. The third-order valence-corrected chi connectivity index (χ3v) is 6.01. The molecule has 4 aromatic rings. The minimum Gasteiger partial charge on any atom is -0.332 e. The smallest absolute Gasteiger partial charge is 0.273 e. The quantitative estimate of drug-likeness (QED) is 0.263. The van der Waals surface area contributed by atoms with Crippen LogP contribution in [-0.4, -0.2) is 35.8 Å². The van der Waals surface area contributed by atoms with Gasteiger partial charge in [-0.3, -0.25) is 20.2 Å². The second kappa shape index (κ2) is 8.40. The molecule has 0 atom stereocenters. The number of nitrogens with zero attached hydrogens (tertiary/aromatic N) is 5. The summed E-state index contributed by atoms with van der Waals surface area (Å²) >= 11 is 6.71. The molecule has 1 amide bonds. The van der Waals surface area contributed by atoms with E-state index < -0.39 is 10.8 Å². The van der Waals surface area contributed by atoms with Crippen molar-refractivity contribution in [2.75, 3.05) is 5.32 Å². The highest BCUT2D eigenvalue weighted by Gasteiger charge is 2.19. The number of nitrogens with one attached hydrogen (secondary N) is 2. The van der Waals surface area contributed by atoms with Crippen LogP contribution in [0.15, 0.2) is 36.4 Å². The van der Waals surface area contributed by atoms with E-state index in [0.717, 1.165) is 16.1 Å². The summed E-state index contributed by atoms with van der Waals surface area (Å²) in [5, 5.41) is 30.2. The highest BCUT2D eigenvalue weighted by atomic mass is 32.1. The molecule has 10 nitrogen and oxygen atoms in total. The lowest BCUT2D eigenvalue weighted by atomic mass is 10.1. The Kier molecular flexibility index (Phi) is 5.63. The summed E-state index contributed by atoms with van der Waals surface area (Å²) in [6, 6.07) is 10.1. The maximum absolute atomic E-state index is 12.6. The van der Waals surface area contributed by atoms with E-state index >= 15 is 0 Å². The summed E-state index contributed by atoms with van der Waals surface area (Å²) in [6.07, 6.45) is 0. The molecule has 0 fully saturated rings. The van der Waals surface area contributed by atoms with Crippen LogP contribution in [0, 0.1) is 30.9 Å². The normalized spacial score (nSPS) is 10.8. The molecule has 2 N–H and O–H groups in total. The minimum absolute atomic E-state index is 0.0788. The summed E-state index contributed by atoms with van der Waals surface area (Å²) < 4.78 is 1.68. The number of nitro groups is 1. The van der Waals surface area contributed by atoms with Gasteiger partial charge in [-0.05, 0) is 50.7 Å². The van der Waals surface area contributed by atoms with Gasteiger partial charge in [0.25, 0.3) is 11.6 Å². The Morgan fingerprint density at radius 2 is 1.97 bits per heavy atom. The fourth-order valence-electron chi connectivity index (χ4n) is 3.11. The van der Waals surface area contributed by atoms with Gasteiger partial charge in [0, 0.05) is 28.4 Å². The molecule has 0 aliphatic carbocycles. The summed E-state index contributed by atoms with van der Waals surface area (Å²) in [5.41, 5.74) is 2.80. The number of benzene rings is 2. The lowest BCUT2D eigenvalue weighted by molar-refractivity contribution is -0.385. The molecule has 0 spiro atoms. The molecule has 162 valence electrons. The van der Waals surface area contributed by atoms with Crippen LogP contribution in [0.25, 0.3) is 15.5 Å². The Labute approximate surface area is 191 Å². The number of anilines is 1. The number of nitro benzene ring substituents is 1. The van der Waals surface area contributed by atoms with E-state index in [0.29, 0.717) is 16.5 Å². The molecule has 0 aliphatic heterocycles. The first-order chi connectivity index (χ1) is 15.2. The van der Waals surface area contributed by atoms with E-state index in [9.17, 15) is 14.9 Å². The van der Waals surface area contributed by atoms with Crippen molar-refractivity contribution >= 4 is 50.9 Å². The second-order valence-electron chi connectivity index (χ2n) is 6.99. The number of hydrogen-bond acceptors (Lipinski definition) is 8. The Morgan fingerprint density at radius 3 is 2.69 bits per heavy atom. The monoisotopic (exact) mass is 467 g/mol. The molecule has 12 heteroatoms. The fraction of sp³-hybridized carbons (Fsp3) is 0.150. The molecule has 2 aromatic heterocycles. The highest BCUT2D eigenvalue weighted by molar-refractivity contribution is 7.80. The first kappa shape index (κ1) is 21.5. The van der Waals surface area contributed by atoms with Crippen LogP contribution in [0.4, 0.5) is 11.4 Å². The number of thiocarbonyl (C=S) groups is 1. The number of rotatable bonds is 4. The predicted molar refractivity (Wildman–Crippen MR) is 125 cm³/mol. The van der Waals surface area contributed by atoms with Crippen LogP contribution in [0.1, 0.15) is 27.3 Å². The van der Waals surface area contributed by atoms with Gasteiger partial charge < -0.3 is 5.32 Å². The first-order valence-electron chi connectivity index (χ1n) is 9.41. The SMILES string of the molecule is Cc1ccc(-c2nn3c(C)nnc3s2)cc1NC(=S)NC(=O)c1cccc([N+](=O)[O-])c1C. The van der Waals surface area contributed by atoms with E-state index in [-0.39, 0.29) is 21.9 Å². The number of carbonyl (C=O) groups excluding carboxylic acids is 1. The van der Waals surface area contributed by atoms with Crippen LogP contribution >= 0.6 is 23.6 Å². The number of hydrogen-bond donors (Lipinski definition) is 2. The maximum atomic E-state index is 12.6. The summed E-state index contributed by atoms with van der Waals surface area (Å²) in [6.45, 7) is 5.26. The van der Waals surface area contributed by atoms with E-state index in [4.69, 9.17) is 12.2 Å². The lowest BCUT2D eigenvalue weighted by Crippen LogP contribution is -2.34. The van der Waals surface area contributed by atoms with Gasteiger partial charge in [0.05, 0.1) is 4.92 Å². The Balaban J connectivity index is 1.53. The number of aryl methyl sites for hydroxylation is 2. The summed E-state index contributed by atoms with van der Waals surface area (Å²) in [7, 11) is 0. The van der Waals surface area contributed by atoms with Crippen molar-refractivity contribution in [2.45, 2.75) is 20.8 Å². The standard InChI is InChI=1S/C20H17N7O3S2/c1-10-7-8-13(18-25-26-12(3)23-24-20(26)32-18)9-15(10)21-19(31)22-17(28)14-5-4-6-16(11(14)2)27(29)30/h4-9H,1-3H3,(H2,21,22,28,31). The third-order valence-electron chi connectivity index (χ3n) is 4.85. The summed E-state index contributed by atoms with van der Waals surface area (Å²) in [4.78, 5) is 23.9. The molecular formula is C20H17N7O3S2. The maximum Gasteiger partial charge on any atom is 0.273 e. The first-order valence-corrected chi connectivity index (χ1v) is 10.6. The zero-order valence-electron chi connectivity index (χ0n) is 17.2. The summed E-state index contributed by atoms with van der Waals surface area (Å²) in [5.74, 6) is 0.176. The molecule has 0 bridgehead atoms. The number of amides is 1. The van der Waals surface area contributed by atoms with Crippen molar-refractivity contribution < 1.29 is 9.72 Å². The zero-order chi connectivity index (χ0) is 23.0. The van der Waals surface area contributed by atoms with Gasteiger partial charge >= 0.3 is 0 Å². The van der Waals surface area contributed by atoms with Crippen molar-refractivity contribution in [2.24, 2.45) is 0 Å². The molecule has 2 heterocycles. The second-order valence-corrected chi connectivity index (χ2v) is 8.36. The Morgan fingerprint density at radius 1 is 1.19 bits per heavy atom. The van der Waals surface area contributed by atoms with Crippen molar-refractivity contribution in [3.63, 3.8) is 0 Å².